The summed E-state index contributed by atoms with van der Waals surface area (Å²) in [4.78, 5) is 30.8. The third kappa shape index (κ3) is 5.32. The molecule has 5 rings (SSSR count). The lowest BCUT2D eigenvalue weighted by Crippen LogP contribution is -2.39. The van der Waals surface area contributed by atoms with E-state index in [9.17, 15) is 22.8 Å². The largest absolute Gasteiger partial charge is 0.416 e. The van der Waals surface area contributed by atoms with Crippen LogP contribution in [0.3, 0.4) is 0 Å². The third-order valence-electron chi connectivity index (χ3n) is 7.66. The number of hydrogen-bond acceptors (Lipinski definition) is 4. The number of benzene rings is 2. The van der Waals surface area contributed by atoms with Gasteiger partial charge in [0.05, 0.1) is 17.0 Å². The second-order valence-electron chi connectivity index (χ2n) is 11.0. The fourth-order valence-electron chi connectivity index (χ4n) is 5.73. The number of pyridine rings is 1. The van der Waals surface area contributed by atoms with Gasteiger partial charge in [-0.15, -0.1) is 0 Å². The number of rotatable bonds is 4. The van der Waals surface area contributed by atoms with Crippen molar-refractivity contribution >= 4 is 28.3 Å². The number of carbonyl (C=O) groups excluding carboxylic acids is 2. The summed E-state index contributed by atoms with van der Waals surface area (Å²) in [7, 11) is 0. The van der Waals surface area contributed by atoms with Crippen LogP contribution in [0.5, 0.6) is 0 Å². The van der Waals surface area contributed by atoms with Crippen molar-refractivity contribution in [3.63, 3.8) is 0 Å². The van der Waals surface area contributed by atoms with E-state index < -0.39 is 34.8 Å². The first kappa shape index (κ1) is 27.0. The van der Waals surface area contributed by atoms with E-state index in [2.05, 4.69) is 15.2 Å². The average molecular weight is 540 g/mol. The van der Waals surface area contributed by atoms with Gasteiger partial charge in [-0.2, -0.15) is 13.2 Å². The van der Waals surface area contributed by atoms with Gasteiger partial charge in [0.2, 0.25) is 11.8 Å². The Bertz CT molecular complexity index is 1490. The maximum atomic E-state index is 16.1. The van der Waals surface area contributed by atoms with E-state index in [-0.39, 0.29) is 12.3 Å². The highest BCUT2D eigenvalue weighted by Gasteiger charge is 2.34. The van der Waals surface area contributed by atoms with E-state index in [0.29, 0.717) is 53.8 Å². The summed E-state index contributed by atoms with van der Waals surface area (Å²) in [6, 6.07) is 10.4. The predicted molar refractivity (Wildman–Crippen MR) is 140 cm³/mol. The van der Waals surface area contributed by atoms with E-state index >= 15 is 4.39 Å². The number of piperidine rings is 1. The smallest absolute Gasteiger partial charge is 0.296 e. The van der Waals surface area contributed by atoms with E-state index in [0.717, 1.165) is 23.3 Å². The minimum absolute atomic E-state index is 0.223. The molecule has 2 aliphatic heterocycles. The molecule has 0 radical (unpaired) electrons. The van der Waals surface area contributed by atoms with Crippen LogP contribution in [0.1, 0.15) is 60.6 Å². The summed E-state index contributed by atoms with van der Waals surface area (Å²) in [6.45, 7) is 7.40. The lowest BCUT2D eigenvalue weighted by Gasteiger charge is -2.39. The maximum absolute atomic E-state index is 16.1. The van der Waals surface area contributed by atoms with Crippen LogP contribution in [-0.2, 0) is 22.3 Å². The summed E-state index contributed by atoms with van der Waals surface area (Å²) in [5.74, 6) is -1.68. The quantitative estimate of drug-likeness (QED) is 0.319. The van der Waals surface area contributed by atoms with Crippen LogP contribution >= 0.6 is 0 Å². The zero-order valence-electron chi connectivity index (χ0n) is 22.0. The molecule has 2 amide bonds. The predicted octanol–water partition coefficient (Wildman–Crippen LogP) is 6.15. The number of aromatic nitrogens is 1. The van der Waals surface area contributed by atoms with Crippen molar-refractivity contribution in [1.29, 1.82) is 0 Å². The second kappa shape index (κ2) is 9.86. The molecule has 204 valence electrons. The van der Waals surface area contributed by atoms with E-state index in [4.69, 9.17) is 0 Å². The van der Waals surface area contributed by atoms with Gasteiger partial charge in [-0.3, -0.25) is 24.8 Å². The van der Waals surface area contributed by atoms with Gasteiger partial charge in [-0.05, 0) is 60.4 Å². The fourth-order valence-corrected chi connectivity index (χ4v) is 5.73. The molecule has 3 heterocycles. The molecule has 2 aromatic carbocycles. The summed E-state index contributed by atoms with van der Waals surface area (Å²) >= 11 is 0. The lowest BCUT2D eigenvalue weighted by molar-refractivity contribution is -0.138. The standard InChI is InChI=1S/C30H29F4N3O2/c1-17-22(20-9-11-26(38)36-28(20)39)14-23-25(35-17)10-8-21(27(23)31)24-12-13-37(16-29(24,2)3)15-18-4-6-19(7-5-18)30(32,33)34/h4-8,10,12,14,20H,9,11,13,15-16H2,1-3H3,(H,36,38,39). The van der Waals surface area contributed by atoms with Gasteiger partial charge in [0.1, 0.15) is 5.82 Å². The summed E-state index contributed by atoms with van der Waals surface area (Å²) < 4.78 is 54.8. The zero-order chi connectivity index (χ0) is 28.1. The van der Waals surface area contributed by atoms with Crippen LogP contribution in [0.15, 0.2) is 48.5 Å². The number of fused-ring (bicyclic) bond motifs is 1. The van der Waals surface area contributed by atoms with Crippen molar-refractivity contribution in [1.82, 2.24) is 15.2 Å². The molecule has 1 fully saturated rings. The minimum Gasteiger partial charge on any atom is -0.296 e. The van der Waals surface area contributed by atoms with Crippen LogP contribution in [0.4, 0.5) is 17.6 Å². The molecule has 5 nitrogen and oxygen atoms in total. The number of nitrogens with one attached hydrogen (secondary N) is 1. The molecule has 0 spiro atoms. The van der Waals surface area contributed by atoms with E-state index in [1.165, 1.54) is 12.1 Å². The van der Waals surface area contributed by atoms with E-state index in [1.54, 1.807) is 25.1 Å². The van der Waals surface area contributed by atoms with Gasteiger partial charge in [-0.25, -0.2) is 4.39 Å². The van der Waals surface area contributed by atoms with Gasteiger partial charge in [0.15, 0.2) is 0 Å². The summed E-state index contributed by atoms with van der Waals surface area (Å²) in [5, 5.41) is 2.68. The maximum Gasteiger partial charge on any atom is 0.416 e. The van der Waals surface area contributed by atoms with Crippen LogP contribution in [0.25, 0.3) is 16.5 Å². The molecule has 9 heteroatoms. The summed E-state index contributed by atoms with van der Waals surface area (Å²) in [6.07, 6.45) is -1.82. The highest BCUT2D eigenvalue weighted by molar-refractivity contribution is 6.01. The van der Waals surface area contributed by atoms with Crippen molar-refractivity contribution < 1.29 is 27.2 Å². The molecule has 1 aromatic heterocycles. The molecule has 1 saturated heterocycles. The number of hydrogen-bond donors (Lipinski definition) is 1. The van der Waals surface area contributed by atoms with Crippen LogP contribution in [0.2, 0.25) is 0 Å². The van der Waals surface area contributed by atoms with Crippen LogP contribution in [-0.4, -0.2) is 34.8 Å². The Morgan fingerprint density at radius 1 is 1.10 bits per heavy atom. The van der Waals surface area contributed by atoms with Gasteiger partial charge >= 0.3 is 6.18 Å². The molecule has 1 N–H and O–H groups in total. The second-order valence-corrected chi connectivity index (χ2v) is 11.0. The Balaban J connectivity index is 1.43. The van der Waals surface area contributed by atoms with Crippen LogP contribution in [0, 0.1) is 18.2 Å². The number of imide groups is 1. The van der Waals surface area contributed by atoms with Crippen molar-refractivity contribution in [3.05, 3.63) is 82.3 Å². The molecule has 39 heavy (non-hydrogen) atoms. The molecule has 0 saturated carbocycles. The SMILES string of the molecule is Cc1nc2ccc(C3=CCN(Cc4ccc(C(F)(F)F)cc4)CC3(C)C)c(F)c2cc1C1CCC(=O)NC1=O. The number of alkyl halides is 3. The fraction of sp³-hybridized carbons (Fsp3) is 0.367. The first-order valence-corrected chi connectivity index (χ1v) is 12.9. The number of amides is 2. The number of aryl methyl sites for hydroxylation is 1. The highest BCUT2D eigenvalue weighted by atomic mass is 19.4. The van der Waals surface area contributed by atoms with Crippen LogP contribution < -0.4 is 5.32 Å². The van der Waals surface area contributed by atoms with E-state index in [1.807, 2.05) is 19.9 Å². The molecule has 2 aliphatic rings. The molecular weight excluding hydrogens is 510 g/mol. The van der Waals surface area contributed by atoms with Gasteiger partial charge in [-0.1, -0.05) is 32.1 Å². The lowest BCUT2D eigenvalue weighted by atomic mass is 9.77. The molecule has 1 unspecified atom stereocenters. The molecule has 0 aliphatic carbocycles. The first-order valence-electron chi connectivity index (χ1n) is 12.9. The molecule has 3 aromatic rings. The minimum atomic E-state index is -4.37. The average Bonchev–Trinajstić information content (AvgIpc) is 2.84. The Hall–Kier alpha value is -3.59. The molecule has 0 bridgehead atoms. The van der Waals surface area contributed by atoms with Gasteiger partial charge in [0.25, 0.3) is 0 Å². The highest BCUT2D eigenvalue weighted by Crippen LogP contribution is 2.41. The Morgan fingerprint density at radius 3 is 2.46 bits per heavy atom. The normalized spacial score (nSPS) is 20.2. The Kier molecular flexibility index (Phi) is 6.83. The Labute approximate surface area is 223 Å². The summed E-state index contributed by atoms with van der Waals surface area (Å²) in [5.41, 5.74) is 2.68. The number of carbonyl (C=O) groups is 2. The van der Waals surface area contributed by atoms with Gasteiger partial charge in [0, 0.05) is 48.1 Å². The number of nitrogens with zero attached hydrogens (tertiary/aromatic N) is 2. The van der Waals surface area contributed by atoms with Gasteiger partial charge < -0.3 is 0 Å². The first-order chi connectivity index (χ1) is 18.3. The van der Waals surface area contributed by atoms with Crippen molar-refractivity contribution in [2.75, 3.05) is 13.1 Å². The molecular formula is C30H29F4N3O2. The monoisotopic (exact) mass is 539 g/mol. The Morgan fingerprint density at radius 2 is 1.82 bits per heavy atom. The molecule has 1 atom stereocenters. The van der Waals surface area contributed by atoms with Crippen molar-refractivity contribution in [2.45, 2.75) is 52.3 Å². The number of halogens is 4. The third-order valence-corrected chi connectivity index (χ3v) is 7.66. The zero-order valence-corrected chi connectivity index (χ0v) is 22.0. The van der Waals surface area contributed by atoms with Crippen molar-refractivity contribution in [2.24, 2.45) is 5.41 Å². The van der Waals surface area contributed by atoms with Crippen molar-refractivity contribution in [3.8, 4) is 0 Å². The topological polar surface area (TPSA) is 62.3 Å².